The zero-order valence-corrected chi connectivity index (χ0v) is 13.9. The van der Waals surface area contributed by atoms with E-state index in [0.29, 0.717) is 11.5 Å². The molecule has 0 radical (unpaired) electrons. The third-order valence-electron chi connectivity index (χ3n) is 4.56. The van der Waals surface area contributed by atoms with E-state index in [1.807, 2.05) is 0 Å². The molecule has 1 saturated heterocycles. The molecule has 0 aromatic carbocycles. The fraction of sp³-hybridized carbons (Fsp3) is 1.00. The Balaban J connectivity index is 2.30. The molecule has 1 aliphatic rings. The van der Waals surface area contributed by atoms with E-state index in [-0.39, 0.29) is 0 Å². The topological polar surface area (TPSA) is 21.8 Å². The summed E-state index contributed by atoms with van der Waals surface area (Å²) >= 11 is 0. The normalized spacial score (nSPS) is 21.0. The van der Waals surface area contributed by atoms with Gasteiger partial charge in [0, 0.05) is 51.9 Å². The van der Waals surface area contributed by atoms with Crippen molar-refractivity contribution in [1.29, 1.82) is 0 Å². The molecule has 19 heavy (non-hydrogen) atoms. The number of likely N-dealkylation sites (N-methyl/N-ethyl adjacent to an activating group) is 1. The minimum absolute atomic E-state index is 0.334. The van der Waals surface area contributed by atoms with E-state index in [9.17, 15) is 0 Å². The summed E-state index contributed by atoms with van der Waals surface area (Å²) in [5.74, 6) is 0. The number of hydrogen-bond acceptors (Lipinski definition) is 4. The highest BCUT2D eigenvalue weighted by atomic mass is 15.3. The van der Waals surface area contributed by atoms with Crippen molar-refractivity contribution < 1.29 is 0 Å². The fourth-order valence-electron chi connectivity index (χ4n) is 2.62. The first-order valence-corrected chi connectivity index (χ1v) is 7.62. The average molecular weight is 270 g/mol. The molecule has 0 aromatic rings. The molecule has 1 fully saturated rings. The van der Waals surface area contributed by atoms with Crippen molar-refractivity contribution in [2.75, 3.05) is 67.0 Å². The highest BCUT2D eigenvalue weighted by Crippen LogP contribution is 2.22. The molecule has 4 nitrogen and oxygen atoms in total. The Morgan fingerprint density at radius 2 is 1.63 bits per heavy atom. The van der Waals surface area contributed by atoms with Crippen LogP contribution in [0.2, 0.25) is 0 Å². The molecule has 1 heterocycles. The van der Waals surface area contributed by atoms with Gasteiger partial charge in [-0.15, -0.1) is 0 Å². The molecule has 1 N–H and O–H groups in total. The number of rotatable bonds is 7. The van der Waals surface area contributed by atoms with Gasteiger partial charge in [-0.2, -0.15) is 0 Å². The first kappa shape index (κ1) is 16.9. The van der Waals surface area contributed by atoms with Gasteiger partial charge in [-0.05, 0) is 33.5 Å². The summed E-state index contributed by atoms with van der Waals surface area (Å²) in [4.78, 5) is 7.48. The Hall–Kier alpha value is -0.160. The van der Waals surface area contributed by atoms with Crippen molar-refractivity contribution in [3.63, 3.8) is 0 Å². The summed E-state index contributed by atoms with van der Waals surface area (Å²) in [5, 5.41) is 3.39. The second kappa shape index (κ2) is 7.58. The van der Waals surface area contributed by atoms with Gasteiger partial charge in [0.1, 0.15) is 0 Å². The molecule has 0 amide bonds. The van der Waals surface area contributed by atoms with Gasteiger partial charge in [0.2, 0.25) is 0 Å². The van der Waals surface area contributed by atoms with Gasteiger partial charge in [0.25, 0.3) is 0 Å². The smallest absolute Gasteiger partial charge is 0.0110 e. The highest BCUT2D eigenvalue weighted by Gasteiger charge is 2.28. The molecule has 114 valence electrons. The standard InChI is InChI=1S/C15H34N4/c1-14(16-4)15(2,3)13-19-11-9-18(10-12-19)8-7-17(5)6/h14,16H,7-13H2,1-6H3. The van der Waals surface area contributed by atoms with Crippen LogP contribution in [0.15, 0.2) is 0 Å². The van der Waals surface area contributed by atoms with Crippen LogP contribution in [0.3, 0.4) is 0 Å². The molecule has 0 aliphatic carbocycles. The predicted octanol–water partition coefficient (Wildman–Crippen LogP) is 0.800. The maximum atomic E-state index is 3.39. The predicted molar refractivity (Wildman–Crippen MR) is 83.7 cm³/mol. The van der Waals surface area contributed by atoms with Crippen LogP contribution < -0.4 is 5.32 Å². The first-order chi connectivity index (χ1) is 8.85. The maximum absolute atomic E-state index is 3.39. The van der Waals surface area contributed by atoms with E-state index in [2.05, 4.69) is 61.9 Å². The zero-order chi connectivity index (χ0) is 14.5. The van der Waals surface area contributed by atoms with E-state index >= 15 is 0 Å². The molecule has 4 heteroatoms. The Morgan fingerprint density at radius 3 is 2.11 bits per heavy atom. The van der Waals surface area contributed by atoms with Crippen molar-refractivity contribution in [1.82, 2.24) is 20.0 Å². The van der Waals surface area contributed by atoms with Gasteiger partial charge >= 0.3 is 0 Å². The van der Waals surface area contributed by atoms with Crippen molar-refractivity contribution in [3.8, 4) is 0 Å². The number of nitrogens with zero attached hydrogens (tertiary/aromatic N) is 3. The van der Waals surface area contributed by atoms with E-state index in [1.54, 1.807) is 0 Å². The van der Waals surface area contributed by atoms with Crippen molar-refractivity contribution in [3.05, 3.63) is 0 Å². The monoisotopic (exact) mass is 270 g/mol. The van der Waals surface area contributed by atoms with E-state index < -0.39 is 0 Å². The molecule has 0 bridgehead atoms. The Kier molecular flexibility index (Phi) is 6.74. The van der Waals surface area contributed by atoms with Gasteiger partial charge in [0.05, 0.1) is 0 Å². The quantitative estimate of drug-likeness (QED) is 0.739. The van der Waals surface area contributed by atoms with Crippen LogP contribution in [-0.4, -0.2) is 87.7 Å². The van der Waals surface area contributed by atoms with Crippen molar-refractivity contribution in [2.24, 2.45) is 5.41 Å². The largest absolute Gasteiger partial charge is 0.317 e. The van der Waals surface area contributed by atoms with Crippen LogP contribution >= 0.6 is 0 Å². The van der Waals surface area contributed by atoms with Gasteiger partial charge in [-0.3, -0.25) is 4.90 Å². The van der Waals surface area contributed by atoms with Crippen LogP contribution in [-0.2, 0) is 0 Å². The lowest BCUT2D eigenvalue weighted by molar-refractivity contribution is 0.0814. The molecule has 1 aliphatic heterocycles. The SMILES string of the molecule is CNC(C)C(C)(C)CN1CCN(CCN(C)C)CC1. The summed E-state index contributed by atoms with van der Waals surface area (Å²) in [6.07, 6.45) is 0. The summed E-state index contributed by atoms with van der Waals surface area (Å²) in [6.45, 7) is 15.5. The van der Waals surface area contributed by atoms with E-state index in [4.69, 9.17) is 0 Å². The van der Waals surface area contributed by atoms with Crippen LogP contribution in [0, 0.1) is 5.41 Å². The molecule has 0 aromatic heterocycles. The molecule has 1 unspecified atom stereocenters. The first-order valence-electron chi connectivity index (χ1n) is 7.62. The average Bonchev–Trinajstić information content (AvgIpc) is 2.36. The van der Waals surface area contributed by atoms with E-state index in [1.165, 1.54) is 45.8 Å². The Labute approximate surface area is 120 Å². The third-order valence-corrected chi connectivity index (χ3v) is 4.56. The molecule has 0 saturated carbocycles. The minimum atomic E-state index is 0.334. The second-order valence-corrected chi connectivity index (χ2v) is 6.92. The Morgan fingerprint density at radius 1 is 1.11 bits per heavy atom. The van der Waals surface area contributed by atoms with Crippen LogP contribution in [0.4, 0.5) is 0 Å². The Bertz CT molecular complexity index is 245. The fourth-order valence-corrected chi connectivity index (χ4v) is 2.62. The molecular formula is C15H34N4. The van der Waals surface area contributed by atoms with Crippen LogP contribution in [0.1, 0.15) is 20.8 Å². The summed E-state index contributed by atoms with van der Waals surface area (Å²) in [6, 6.07) is 0.555. The lowest BCUT2D eigenvalue weighted by Crippen LogP contribution is -2.52. The summed E-state index contributed by atoms with van der Waals surface area (Å²) in [7, 11) is 6.36. The number of nitrogens with one attached hydrogen (secondary N) is 1. The van der Waals surface area contributed by atoms with Gasteiger partial charge in [-0.1, -0.05) is 13.8 Å². The second-order valence-electron chi connectivity index (χ2n) is 6.92. The molecule has 1 atom stereocenters. The summed E-state index contributed by atoms with van der Waals surface area (Å²) in [5.41, 5.74) is 0.334. The number of piperazine rings is 1. The third kappa shape index (κ3) is 5.78. The van der Waals surface area contributed by atoms with Crippen LogP contribution in [0.25, 0.3) is 0 Å². The van der Waals surface area contributed by atoms with Gasteiger partial charge in [-0.25, -0.2) is 0 Å². The maximum Gasteiger partial charge on any atom is 0.0110 e. The van der Waals surface area contributed by atoms with Gasteiger partial charge < -0.3 is 15.1 Å². The zero-order valence-electron chi connectivity index (χ0n) is 13.9. The minimum Gasteiger partial charge on any atom is -0.317 e. The van der Waals surface area contributed by atoms with E-state index in [0.717, 1.165) is 0 Å². The lowest BCUT2D eigenvalue weighted by Gasteiger charge is -2.41. The number of hydrogen-bond donors (Lipinski definition) is 1. The molecule has 0 spiro atoms. The van der Waals surface area contributed by atoms with Gasteiger partial charge in [0.15, 0.2) is 0 Å². The highest BCUT2D eigenvalue weighted by molar-refractivity contribution is 4.85. The van der Waals surface area contributed by atoms with Crippen LogP contribution in [0.5, 0.6) is 0 Å². The van der Waals surface area contributed by atoms with Crippen molar-refractivity contribution >= 4 is 0 Å². The molecular weight excluding hydrogens is 236 g/mol. The lowest BCUT2D eigenvalue weighted by atomic mass is 9.84. The van der Waals surface area contributed by atoms with Crippen molar-refractivity contribution in [2.45, 2.75) is 26.8 Å². The summed E-state index contributed by atoms with van der Waals surface area (Å²) < 4.78 is 0. The molecule has 1 rings (SSSR count).